The first-order valence-electron chi connectivity index (χ1n) is 7.59. The highest BCUT2D eigenvalue weighted by Crippen LogP contribution is 2.24. The van der Waals surface area contributed by atoms with Gasteiger partial charge in [0, 0.05) is 23.9 Å². The molecule has 1 heterocycles. The van der Waals surface area contributed by atoms with Crippen molar-refractivity contribution in [3.05, 3.63) is 17.0 Å². The van der Waals surface area contributed by atoms with Crippen LogP contribution in [0.4, 0.5) is 8.78 Å². The predicted octanol–water partition coefficient (Wildman–Crippen LogP) is 2.16. The first-order chi connectivity index (χ1) is 11.3. The van der Waals surface area contributed by atoms with Crippen LogP contribution < -0.4 is 5.32 Å². The lowest BCUT2D eigenvalue weighted by Crippen LogP contribution is -2.30. The number of hydrogen-bond donors (Lipinski definition) is 1. The highest BCUT2D eigenvalue weighted by atomic mass is 32.2. The Bertz CT molecular complexity index is 601. The lowest BCUT2D eigenvalue weighted by atomic mass is 10.1. The van der Waals surface area contributed by atoms with E-state index < -0.39 is 11.7 Å². The Morgan fingerprint density at radius 3 is 2.46 bits per heavy atom. The first-order valence-corrected chi connectivity index (χ1v) is 8.47. The molecular formula is C15H19F2N3O3S. The van der Waals surface area contributed by atoms with E-state index in [9.17, 15) is 18.4 Å². The summed E-state index contributed by atoms with van der Waals surface area (Å²) in [6, 6.07) is 0.225. The number of alkyl halides is 2. The lowest BCUT2D eigenvalue weighted by molar-refractivity contribution is -0.148. The fourth-order valence-corrected chi connectivity index (χ4v) is 2.68. The van der Waals surface area contributed by atoms with E-state index in [2.05, 4.69) is 15.3 Å². The number of rotatable bonds is 8. The van der Waals surface area contributed by atoms with Crippen molar-refractivity contribution in [2.45, 2.75) is 56.5 Å². The third-order valence-corrected chi connectivity index (χ3v) is 4.05. The number of aryl methyl sites for hydroxylation is 2. The van der Waals surface area contributed by atoms with E-state index in [0.29, 0.717) is 17.8 Å². The number of nitrogens with zero attached hydrogens (tertiary/aromatic N) is 2. The van der Waals surface area contributed by atoms with Crippen LogP contribution >= 0.6 is 11.8 Å². The third-order valence-electron chi connectivity index (χ3n) is 3.48. The summed E-state index contributed by atoms with van der Waals surface area (Å²) in [5, 5.41) is 2.74. The van der Waals surface area contributed by atoms with Crippen LogP contribution in [0.5, 0.6) is 0 Å². The molecule has 1 fully saturated rings. The summed E-state index contributed by atoms with van der Waals surface area (Å²) in [4.78, 5) is 31.2. The smallest absolute Gasteiger partial charge is 0.306 e. The second-order valence-corrected chi connectivity index (χ2v) is 6.49. The summed E-state index contributed by atoms with van der Waals surface area (Å²) in [6.45, 7) is 3.09. The minimum Gasteiger partial charge on any atom is -0.456 e. The van der Waals surface area contributed by atoms with Crippen molar-refractivity contribution in [2.75, 3.05) is 6.61 Å². The van der Waals surface area contributed by atoms with Gasteiger partial charge in [-0.1, -0.05) is 0 Å². The second-order valence-electron chi connectivity index (χ2n) is 5.54. The molecule has 2 rings (SSSR count). The molecule has 0 aliphatic heterocycles. The van der Waals surface area contributed by atoms with E-state index in [-0.39, 0.29) is 41.9 Å². The number of halogens is 2. The van der Waals surface area contributed by atoms with E-state index in [1.54, 1.807) is 13.8 Å². The lowest BCUT2D eigenvalue weighted by Gasteiger charge is -2.10. The van der Waals surface area contributed by atoms with Crippen LogP contribution in [0.25, 0.3) is 0 Å². The molecule has 1 aliphatic carbocycles. The predicted molar refractivity (Wildman–Crippen MR) is 83.8 cm³/mol. The minimum absolute atomic E-state index is 0.0167. The second kappa shape index (κ2) is 8.36. The number of amides is 1. The number of esters is 1. The molecule has 0 radical (unpaired) electrons. The van der Waals surface area contributed by atoms with Crippen LogP contribution in [0, 0.1) is 13.8 Å². The molecule has 1 aromatic heterocycles. The molecule has 0 aromatic carbocycles. The van der Waals surface area contributed by atoms with Crippen LogP contribution in [0.15, 0.2) is 5.16 Å². The van der Waals surface area contributed by atoms with Gasteiger partial charge in [0.05, 0.1) is 0 Å². The fraction of sp³-hybridized carbons (Fsp3) is 0.600. The average molecular weight is 359 g/mol. The molecule has 1 N–H and O–H groups in total. The molecule has 0 atom stereocenters. The van der Waals surface area contributed by atoms with Gasteiger partial charge in [-0.2, -0.15) is 8.78 Å². The maximum atomic E-state index is 12.4. The molecule has 0 bridgehead atoms. The van der Waals surface area contributed by atoms with Gasteiger partial charge in [-0.3, -0.25) is 9.59 Å². The summed E-state index contributed by atoms with van der Waals surface area (Å²) in [6.07, 6.45) is 2.35. The Labute approximate surface area is 142 Å². The van der Waals surface area contributed by atoms with Gasteiger partial charge in [-0.15, -0.1) is 0 Å². The van der Waals surface area contributed by atoms with Gasteiger partial charge in [0.2, 0.25) is 0 Å². The number of nitrogens with one attached hydrogen (secondary N) is 1. The molecule has 6 nitrogen and oxygen atoms in total. The van der Waals surface area contributed by atoms with Gasteiger partial charge < -0.3 is 10.1 Å². The van der Waals surface area contributed by atoms with Crippen LogP contribution in [0.2, 0.25) is 0 Å². The van der Waals surface area contributed by atoms with Crippen LogP contribution in [0.3, 0.4) is 0 Å². The molecule has 24 heavy (non-hydrogen) atoms. The number of carbonyl (C=O) groups is 2. The van der Waals surface area contributed by atoms with Gasteiger partial charge in [-0.25, -0.2) is 9.97 Å². The average Bonchev–Trinajstić information content (AvgIpc) is 3.27. The molecule has 1 saturated carbocycles. The van der Waals surface area contributed by atoms with Gasteiger partial charge in [0.1, 0.15) is 0 Å². The molecular weight excluding hydrogens is 340 g/mol. The Morgan fingerprint density at radius 2 is 1.92 bits per heavy atom. The zero-order valence-electron chi connectivity index (χ0n) is 13.5. The molecule has 132 valence electrons. The van der Waals surface area contributed by atoms with Crippen molar-refractivity contribution >= 4 is 23.6 Å². The van der Waals surface area contributed by atoms with Crippen molar-refractivity contribution in [3.63, 3.8) is 0 Å². The molecule has 9 heteroatoms. The largest absolute Gasteiger partial charge is 0.456 e. The first kappa shape index (κ1) is 18.6. The molecule has 1 aliphatic rings. The number of carbonyl (C=O) groups excluding carboxylic acids is 2. The highest BCUT2D eigenvalue weighted by Gasteiger charge is 2.23. The molecule has 1 amide bonds. The van der Waals surface area contributed by atoms with Gasteiger partial charge in [-0.05, 0) is 50.4 Å². The highest BCUT2D eigenvalue weighted by molar-refractivity contribution is 7.99. The van der Waals surface area contributed by atoms with Crippen molar-refractivity contribution in [2.24, 2.45) is 0 Å². The summed E-state index contributed by atoms with van der Waals surface area (Å²) < 4.78 is 29.6. The molecule has 0 spiro atoms. The van der Waals surface area contributed by atoms with E-state index >= 15 is 0 Å². The maximum Gasteiger partial charge on any atom is 0.306 e. The zero-order valence-corrected chi connectivity index (χ0v) is 14.3. The Morgan fingerprint density at radius 1 is 1.29 bits per heavy atom. The van der Waals surface area contributed by atoms with Crippen molar-refractivity contribution in [1.29, 1.82) is 0 Å². The van der Waals surface area contributed by atoms with Gasteiger partial charge in [0.25, 0.3) is 11.7 Å². The van der Waals surface area contributed by atoms with Crippen LogP contribution in [-0.2, 0) is 20.7 Å². The van der Waals surface area contributed by atoms with Crippen LogP contribution in [0.1, 0.15) is 36.2 Å². The fourth-order valence-electron chi connectivity index (χ4n) is 2.15. The third kappa shape index (κ3) is 6.03. The van der Waals surface area contributed by atoms with Gasteiger partial charge >= 0.3 is 5.97 Å². The van der Waals surface area contributed by atoms with Crippen molar-refractivity contribution in [3.8, 4) is 0 Å². The summed E-state index contributed by atoms with van der Waals surface area (Å²) in [5.74, 6) is -3.37. The Kier molecular flexibility index (Phi) is 6.47. The van der Waals surface area contributed by atoms with Crippen LogP contribution in [-0.4, -0.2) is 40.3 Å². The van der Waals surface area contributed by atoms with E-state index in [1.807, 2.05) is 0 Å². The Balaban J connectivity index is 1.82. The summed E-state index contributed by atoms with van der Waals surface area (Å²) in [5.41, 5.74) is 1.85. The zero-order chi connectivity index (χ0) is 17.7. The monoisotopic (exact) mass is 359 g/mol. The molecule has 1 aromatic rings. The van der Waals surface area contributed by atoms with E-state index in [4.69, 9.17) is 4.74 Å². The van der Waals surface area contributed by atoms with E-state index in [0.717, 1.165) is 18.4 Å². The van der Waals surface area contributed by atoms with Crippen molar-refractivity contribution < 1.29 is 23.1 Å². The Hall–Kier alpha value is -1.77. The SMILES string of the molecule is Cc1nc(SC(F)F)nc(C)c1CCC(=O)OCC(=O)NC1CC1. The topological polar surface area (TPSA) is 81.2 Å². The van der Waals surface area contributed by atoms with Crippen molar-refractivity contribution in [1.82, 2.24) is 15.3 Å². The standard InChI is InChI=1S/C15H19F2N3O3S/c1-8-11(9(2)19-15(18-8)24-14(16)17)5-6-13(22)23-7-12(21)20-10-3-4-10/h10,14H,3-7H2,1-2H3,(H,20,21). The summed E-state index contributed by atoms with van der Waals surface area (Å²) in [7, 11) is 0. The van der Waals surface area contributed by atoms with Gasteiger partial charge in [0.15, 0.2) is 11.8 Å². The number of aromatic nitrogens is 2. The summed E-state index contributed by atoms with van der Waals surface area (Å²) >= 11 is 0.289. The normalized spacial score (nSPS) is 13.9. The quantitative estimate of drug-likeness (QED) is 0.435. The number of ether oxygens (including phenoxy) is 1. The number of hydrogen-bond acceptors (Lipinski definition) is 6. The molecule has 0 saturated heterocycles. The maximum absolute atomic E-state index is 12.4. The molecule has 0 unspecified atom stereocenters. The number of thioether (sulfide) groups is 1. The van der Waals surface area contributed by atoms with E-state index in [1.165, 1.54) is 0 Å². The minimum atomic E-state index is -2.58.